The van der Waals surface area contributed by atoms with Gasteiger partial charge in [-0.3, -0.25) is 4.79 Å². The van der Waals surface area contributed by atoms with Gasteiger partial charge in [0.25, 0.3) is 0 Å². The minimum atomic E-state index is -0.741. The molecule has 1 aromatic carbocycles. The first-order chi connectivity index (χ1) is 9.99. The van der Waals surface area contributed by atoms with Crippen molar-refractivity contribution in [1.82, 2.24) is 10.5 Å². The molecule has 5 nitrogen and oxygen atoms in total. The molecule has 0 bridgehead atoms. The molecule has 1 aromatic heterocycles. The molecule has 112 valence electrons. The van der Waals surface area contributed by atoms with Gasteiger partial charge >= 0.3 is 0 Å². The van der Waals surface area contributed by atoms with Crippen LogP contribution in [-0.4, -0.2) is 22.7 Å². The van der Waals surface area contributed by atoms with Gasteiger partial charge in [0.05, 0.1) is 18.2 Å². The predicted octanol–water partition coefficient (Wildman–Crippen LogP) is 2.34. The maximum atomic E-state index is 11.9. The molecule has 0 aliphatic heterocycles. The van der Waals surface area contributed by atoms with Crippen molar-refractivity contribution in [3.05, 3.63) is 51.9 Å². The molecule has 1 atom stereocenters. The summed E-state index contributed by atoms with van der Waals surface area (Å²) in [6.07, 6.45) is -0.663. The number of nitrogens with one attached hydrogen (secondary N) is 1. The molecule has 2 aromatic rings. The molecule has 0 saturated heterocycles. The number of hydrogen-bond acceptors (Lipinski definition) is 4. The standard InChI is InChI=1S/C15H17ClN2O3/c1-9-5-3-4-6-11(9)13(19)8-17-14(20)7-12-10(2)18-21-15(12)16/h3-6,13,19H,7-8H2,1-2H3,(H,17,20). The first-order valence-corrected chi connectivity index (χ1v) is 6.97. The van der Waals surface area contributed by atoms with E-state index in [1.807, 2.05) is 31.2 Å². The number of nitrogens with zero attached hydrogens (tertiary/aromatic N) is 1. The number of aromatic nitrogens is 1. The van der Waals surface area contributed by atoms with Crippen LogP contribution < -0.4 is 5.32 Å². The third kappa shape index (κ3) is 3.83. The van der Waals surface area contributed by atoms with E-state index in [0.717, 1.165) is 11.1 Å². The van der Waals surface area contributed by atoms with Crippen molar-refractivity contribution in [1.29, 1.82) is 0 Å². The van der Waals surface area contributed by atoms with Gasteiger partial charge in [-0.15, -0.1) is 0 Å². The van der Waals surface area contributed by atoms with Crippen LogP contribution >= 0.6 is 11.6 Å². The van der Waals surface area contributed by atoms with Crippen LogP contribution in [0.5, 0.6) is 0 Å². The van der Waals surface area contributed by atoms with Gasteiger partial charge in [0, 0.05) is 12.1 Å². The van der Waals surface area contributed by atoms with Crippen LogP contribution in [0.4, 0.5) is 0 Å². The maximum Gasteiger partial charge on any atom is 0.229 e. The van der Waals surface area contributed by atoms with Crippen molar-refractivity contribution in [3.8, 4) is 0 Å². The zero-order valence-electron chi connectivity index (χ0n) is 11.9. The summed E-state index contributed by atoms with van der Waals surface area (Å²) in [6.45, 7) is 3.78. The third-order valence-corrected chi connectivity index (χ3v) is 3.61. The number of aryl methyl sites for hydroxylation is 2. The highest BCUT2D eigenvalue weighted by molar-refractivity contribution is 6.29. The third-order valence-electron chi connectivity index (χ3n) is 3.31. The molecule has 6 heteroatoms. The molecule has 0 radical (unpaired) electrons. The van der Waals surface area contributed by atoms with Crippen molar-refractivity contribution in [2.75, 3.05) is 6.54 Å². The Morgan fingerprint density at radius 1 is 1.43 bits per heavy atom. The Morgan fingerprint density at radius 2 is 2.14 bits per heavy atom. The fraction of sp³-hybridized carbons (Fsp3) is 0.333. The first-order valence-electron chi connectivity index (χ1n) is 6.60. The van der Waals surface area contributed by atoms with Crippen molar-refractivity contribution in [2.24, 2.45) is 0 Å². The average Bonchev–Trinajstić information content (AvgIpc) is 2.77. The van der Waals surface area contributed by atoms with E-state index in [4.69, 9.17) is 16.1 Å². The number of halogens is 1. The Bertz CT molecular complexity index is 620. The molecule has 21 heavy (non-hydrogen) atoms. The van der Waals surface area contributed by atoms with E-state index in [2.05, 4.69) is 10.5 Å². The molecule has 1 amide bonds. The van der Waals surface area contributed by atoms with Gasteiger partial charge in [0.15, 0.2) is 0 Å². The van der Waals surface area contributed by atoms with Crippen molar-refractivity contribution >= 4 is 17.5 Å². The van der Waals surface area contributed by atoms with Crippen LogP contribution in [0.1, 0.15) is 28.5 Å². The molecular weight excluding hydrogens is 292 g/mol. The van der Waals surface area contributed by atoms with E-state index >= 15 is 0 Å². The summed E-state index contributed by atoms with van der Waals surface area (Å²) in [5, 5.41) is 16.6. The highest BCUT2D eigenvalue weighted by Crippen LogP contribution is 2.20. The normalized spacial score (nSPS) is 12.2. The summed E-state index contributed by atoms with van der Waals surface area (Å²) in [5.74, 6) is -0.240. The molecule has 1 heterocycles. The molecule has 1 unspecified atom stereocenters. The van der Waals surface area contributed by atoms with Crippen LogP contribution in [-0.2, 0) is 11.2 Å². The maximum absolute atomic E-state index is 11.9. The Hall–Kier alpha value is -1.85. The summed E-state index contributed by atoms with van der Waals surface area (Å²) in [4.78, 5) is 11.9. The van der Waals surface area contributed by atoms with Gasteiger partial charge in [0.1, 0.15) is 0 Å². The number of rotatable bonds is 5. The lowest BCUT2D eigenvalue weighted by molar-refractivity contribution is -0.120. The van der Waals surface area contributed by atoms with Crippen molar-refractivity contribution in [3.63, 3.8) is 0 Å². The molecule has 0 fully saturated rings. The fourth-order valence-electron chi connectivity index (χ4n) is 2.06. The Balaban J connectivity index is 1.91. The lowest BCUT2D eigenvalue weighted by atomic mass is 10.0. The zero-order chi connectivity index (χ0) is 15.4. The number of aliphatic hydroxyl groups is 1. The van der Waals surface area contributed by atoms with Gasteiger partial charge in [-0.25, -0.2) is 0 Å². The van der Waals surface area contributed by atoms with E-state index in [1.54, 1.807) is 6.92 Å². The highest BCUT2D eigenvalue weighted by Gasteiger charge is 2.16. The second kappa shape index (κ2) is 6.74. The number of amides is 1. The quantitative estimate of drug-likeness (QED) is 0.889. The molecule has 0 aliphatic rings. The number of carbonyl (C=O) groups excluding carboxylic acids is 1. The van der Waals surface area contributed by atoms with E-state index in [9.17, 15) is 9.90 Å². The van der Waals surface area contributed by atoms with Crippen molar-refractivity contribution in [2.45, 2.75) is 26.4 Å². The second-order valence-electron chi connectivity index (χ2n) is 4.87. The van der Waals surface area contributed by atoms with Crippen molar-refractivity contribution < 1.29 is 14.4 Å². The minimum absolute atomic E-state index is 0.0780. The van der Waals surface area contributed by atoms with Gasteiger partial charge in [-0.2, -0.15) is 0 Å². The zero-order valence-corrected chi connectivity index (χ0v) is 12.6. The highest BCUT2D eigenvalue weighted by atomic mass is 35.5. The lowest BCUT2D eigenvalue weighted by Gasteiger charge is -2.14. The van der Waals surface area contributed by atoms with Crippen LogP contribution in [0.15, 0.2) is 28.8 Å². The van der Waals surface area contributed by atoms with Gasteiger partial charge in [-0.05, 0) is 36.6 Å². The molecule has 2 rings (SSSR count). The molecule has 2 N–H and O–H groups in total. The van der Waals surface area contributed by atoms with E-state index in [-0.39, 0.29) is 24.1 Å². The minimum Gasteiger partial charge on any atom is -0.387 e. The Morgan fingerprint density at radius 3 is 2.76 bits per heavy atom. The number of carbonyl (C=O) groups is 1. The monoisotopic (exact) mass is 308 g/mol. The lowest BCUT2D eigenvalue weighted by Crippen LogP contribution is -2.30. The SMILES string of the molecule is Cc1ccccc1C(O)CNC(=O)Cc1c(C)noc1Cl. The van der Waals surface area contributed by atoms with Crippen LogP contribution in [0, 0.1) is 13.8 Å². The number of aliphatic hydroxyl groups excluding tert-OH is 1. The van der Waals surface area contributed by atoms with Gasteiger partial charge < -0.3 is 14.9 Å². The van der Waals surface area contributed by atoms with Crippen LogP contribution in [0.3, 0.4) is 0 Å². The fourth-order valence-corrected chi connectivity index (χ4v) is 2.30. The summed E-state index contributed by atoms with van der Waals surface area (Å²) in [6, 6.07) is 7.52. The smallest absolute Gasteiger partial charge is 0.229 e. The summed E-state index contributed by atoms with van der Waals surface area (Å²) in [7, 11) is 0. The van der Waals surface area contributed by atoms with Gasteiger partial charge in [-0.1, -0.05) is 29.4 Å². The molecule has 0 saturated carbocycles. The number of benzene rings is 1. The Labute approximate surface area is 127 Å². The molecule has 0 spiro atoms. The van der Waals surface area contributed by atoms with Crippen LogP contribution in [0.25, 0.3) is 0 Å². The topological polar surface area (TPSA) is 75.4 Å². The van der Waals surface area contributed by atoms with E-state index < -0.39 is 6.10 Å². The Kier molecular flexibility index (Phi) is 4.98. The average molecular weight is 309 g/mol. The predicted molar refractivity (Wildman–Crippen MR) is 79.1 cm³/mol. The van der Waals surface area contributed by atoms with Gasteiger partial charge in [0.2, 0.25) is 11.1 Å². The van der Waals surface area contributed by atoms with E-state index in [1.165, 1.54) is 0 Å². The number of hydrogen-bond donors (Lipinski definition) is 2. The molecule has 0 aliphatic carbocycles. The summed E-state index contributed by atoms with van der Waals surface area (Å²) < 4.78 is 4.79. The van der Waals surface area contributed by atoms with E-state index in [0.29, 0.717) is 11.3 Å². The largest absolute Gasteiger partial charge is 0.387 e. The van der Waals surface area contributed by atoms with Crippen LogP contribution in [0.2, 0.25) is 5.22 Å². The first kappa shape index (κ1) is 15.5. The molecular formula is C15H17ClN2O3. The summed E-state index contributed by atoms with van der Waals surface area (Å²) >= 11 is 5.81. The second-order valence-corrected chi connectivity index (χ2v) is 5.22. The summed E-state index contributed by atoms with van der Waals surface area (Å²) in [5.41, 5.74) is 2.95.